The summed E-state index contributed by atoms with van der Waals surface area (Å²) < 4.78 is 1.77. The Labute approximate surface area is 114 Å². The van der Waals surface area contributed by atoms with Crippen LogP contribution in [0.5, 0.6) is 0 Å². The number of benzene rings is 1. The van der Waals surface area contributed by atoms with Gasteiger partial charge in [0, 0.05) is 21.8 Å². The molecule has 1 aromatic carbocycles. The Kier molecular flexibility index (Phi) is 2.87. The minimum atomic E-state index is 0.626. The summed E-state index contributed by atoms with van der Waals surface area (Å²) in [6, 6.07) is 7.78. The van der Waals surface area contributed by atoms with Crippen molar-refractivity contribution >= 4 is 23.2 Å². The molecule has 0 radical (unpaired) electrons. The van der Waals surface area contributed by atoms with E-state index in [0.29, 0.717) is 5.78 Å². The molecule has 96 valence electrons. The average molecular weight is 271 g/mol. The quantitative estimate of drug-likeness (QED) is 0.573. The van der Waals surface area contributed by atoms with Crippen LogP contribution in [0.25, 0.3) is 5.78 Å². The first-order valence-corrected chi connectivity index (χ1v) is 6.67. The smallest absolute Gasteiger partial charge is 0.253 e. The minimum absolute atomic E-state index is 0.626. The molecular weight excluding hydrogens is 258 g/mol. The third-order valence-electron chi connectivity index (χ3n) is 2.95. The van der Waals surface area contributed by atoms with Gasteiger partial charge in [-0.25, -0.2) is 4.98 Å². The maximum Gasteiger partial charge on any atom is 0.253 e. The summed E-state index contributed by atoms with van der Waals surface area (Å²) in [6.07, 6.45) is 1.52. The largest absolute Gasteiger partial charge is 0.399 e. The molecule has 0 aliphatic carbocycles. The van der Waals surface area contributed by atoms with Gasteiger partial charge in [0.1, 0.15) is 11.4 Å². The summed E-state index contributed by atoms with van der Waals surface area (Å²) >= 11 is 1.64. The van der Waals surface area contributed by atoms with Crippen LogP contribution in [0.2, 0.25) is 0 Å². The number of anilines is 1. The minimum Gasteiger partial charge on any atom is -0.399 e. The molecule has 0 unspecified atom stereocenters. The lowest BCUT2D eigenvalue weighted by molar-refractivity contribution is 0.814. The van der Waals surface area contributed by atoms with Crippen molar-refractivity contribution in [2.24, 2.45) is 0 Å². The lowest BCUT2D eigenvalue weighted by atomic mass is 10.3. The van der Waals surface area contributed by atoms with Crippen LogP contribution in [-0.2, 0) is 0 Å². The molecule has 0 saturated carbocycles. The van der Waals surface area contributed by atoms with Crippen LogP contribution >= 0.6 is 11.8 Å². The van der Waals surface area contributed by atoms with Crippen LogP contribution in [0, 0.1) is 13.8 Å². The molecule has 0 aliphatic rings. The predicted molar refractivity (Wildman–Crippen MR) is 75.2 cm³/mol. The van der Waals surface area contributed by atoms with Crippen LogP contribution in [0.4, 0.5) is 5.69 Å². The van der Waals surface area contributed by atoms with Gasteiger partial charge in [0.25, 0.3) is 5.78 Å². The molecule has 2 aromatic heterocycles. The number of nitrogen functional groups attached to an aromatic ring is 1. The highest BCUT2D eigenvalue weighted by Gasteiger charge is 2.12. The van der Waals surface area contributed by atoms with Crippen LogP contribution < -0.4 is 5.73 Å². The standard InChI is InChI=1S/C13H13N5S/c1-8-9(2)17-13-15-7-16-18(13)12(8)19-11-5-3-10(14)4-6-11/h3-7H,14H2,1-2H3. The van der Waals surface area contributed by atoms with Crippen LogP contribution in [-0.4, -0.2) is 19.6 Å². The molecule has 3 rings (SSSR count). The van der Waals surface area contributed by atoms with Gasteiger partial charge in [-0.1, -0.05) is 11.8 Å². The van der Waals surface area contributed by atoms with E-state index in [2.05, 4.69) is 15.1 Å². The van der Waals surface area contributed by atoms with Gasteiger partial charge in [-0.3, -0.25) is 0 Å². The zero-order valence-corrected chi connectivity index (χ0v) is 11.5. The molecule has 3 aromatic rings. The molecule has 0 atom stereocenters. The fourth-order valence-corrected chi connectivity index (χ4v) is 2.78. The topological polar surface area (TPSA) is 69.1 Å². The lowest BCUT2D eigenvalue weighted by Crippen LogP contribution is -2.01. The average Bonchev–Trinajstić information content (AvgIpc) is 2.85. The van der Waals surface area contributed by atoms with Crippen LogP contribution in [0.1, 0.15) is 11.3 Å². The molecular formula is C13H13N5S. The van der Waals surface area contributed by atoms with Crippen molar-refractivity contribution in [3.8, 4) is 0 Å². The Morgan fingerprint density at radius 2 is 1.89 bits per heavy atom. The number of hydrogen-bond donors (Lipinski definition) is 1. The fourth-order valence-electron chi connectivity index (χ4n) is 1.77. The van der Waals surface area contributed by atoms with Gasteiger partial charge in [0.2, 0.25) is 0 Å². The Hall–Kier alpha value is -2.08. The summed E-state index contributed by atoms with van der Waals surface area (Å²) in [7, 11) is 0. The highest BCUT2D eigenvalue weighted by atomic mass is 32.2. The molecule has 6 heteroatoms. The highest BCUT2D eigenvalue weighted by Crippen LogP contribution is 2.31. The molecule has 0 fully saturated rings. The van der Waals surface area contributed by atoms with E-state index in [9.17, 15) is 0 Å². The molecule has 2 N–H and O–H groups in total. The van der Waals surface area contributed by atoms with Crippen molar-refractivity contribution < 1.29 is 0 Å². The monoisotopic (exact) mass is 271 g/mol. The van der Waals surface area contributed by atoms with E-state index in [1.807, 2.05) is 38.1 Å². The molecule has 0 aliphatic heterocycles. The number of fused-ring (bicyclic) bond motifs is 1. The second kappa shape index (κ2) is 4.55. The Balaban J connectivity index is 2.11. The summed E-state index contributed by atoms with van der Waals surface area (Å²) in [6.45, 7) is 4.03. The van der Waals surface area contributed by atoms with Crippen molar-refractivity contribution in [3.63, 3.8) is 0 Å². The number of aromatic nitrogens is 4. The molecule has 0 spiro atoms. The van der Waals surface area contributed by atoms with Gasteiger partial charge < -0.3 is 5.73 Å². The van der Waals surface area contributed by atoms with Gasteiger partial charge in [-0.15, -0.1) is 0 Å². The van der Waals surface area contributed by atoms with E-state index < -0.39 is 0 Å². The van der Waals surface area contributed by atoms with Crippen molar-refractivity contribution in [2.45, 2.75) is 23.8 Å². The first-order chi connectivity index (χ1) is 9.15. The Morgan fingerprint density at radius 1 is 1.16 bits per heavy atom. The first-order valence-electron chi connectivity index (χ1n) is 5.85. The van der Waals surface area contributed by atoms with Gasteiger partial charge in [-0.2, -0.15) is 14.6 Å². The molecule has 0 amide bonds. The molecule has 0 bridgehead atoms. The van der Waals surface area contributed by atoms with E-state index in [0.717, 1.165) is 26.9 Å². The second-order valence-electron chi connectivity index (χ2n) is 4.27. The van der Waals surface area contributed by atoms with Crippen molar-refractivity contribution in [1.29, 1.82) is 0 Å². The van der Waals surface area contributed by atoms with E-state index in [1.54, 1.807) is 16.3 Å². The Morgan fingerprint density at radius 3 is 2.63 bits per heavy atom. The molecule has 19 heavy (non-hydrogen) atoms. The number of nitrogens with two attached hydrogens (primary N) is 1. The summed E-state index contributed by atoms with van der Waals surface area (Å²) in [5.41, 5.74) is 8.54. The van der Waals surface area contributed by atoms with Crippen LogP contribution in [0.15, 0.2) is 40.5 Å². The third-order valence-corrected chi connectivity index (χ3v) is 4.13. The van der Waals surface area contributed by atoms with E-state index >= 15 is 0 Å². The van der Waals surface area contributed by atoms with Crippen LogP contribution in [0.3, 0.4) is 0 Å². The number of aryl methyl sites for hydroxylation is 1. The third kappa shape index (κ3) is 2.15. The predicted octanol–water partition coefficient (Wildman–Crippen LogP) is 2.47. The van der Waals surface area contributed by atoms with E-state index in [-0.39, 0.29) is 0 Å². The Bertz CT molecular complexity index is 733. The summed E-state index contributed by atoms with van der Waals surface area (Å²) in [4.78, 5) is 9.66. The maximum atomic E-state index is 5.70. The van der Waals surface area contributed by atoms with Crippen molar-refractivity contribution in [3.05, 3.63) is 41.9 Å². The highest BCUT2D eigenvalue weighted by molar-refractivity contribution is 7.99. The van der Waals surface area contributed by atoms with E-state index in [4.69, 9.17) is 5.73 Å². The van der Waals surface area contributed by atoms with Gasteiger partial charge in [0.15, 0.2) is 0 Å². The first kappa shape index (κ1) is 12.0. The second-order valence-corrected chi connectivity index (χ2v) is 5.33. The normalized spacial score (nSPS) is 11.1. The lowest BCUT2D eigenvalue weighted by Gasteiger charge is -2.09. The zero-order valence-electron chi connectivity index (χ0n) is 10.7. The van der Waals surface area contributed by atoms with Gasteiger partial charge >= 0.3 is 0 Å². The fraction of sp³-hybridized carbons (Fsp3) is 0.154. The summed E-state index contributed by atoms with van der Waals surface area (Å²) in [5.74, 6) is 0.626. The van der Waals surface area contributed by atoms with E-state index in [1.165, 1.54) is 6.33 Å². The SMILES string of the molecule is Cc1nc2ncnn2c(Sc2ccc(N)cc2)c1C. The zero-order chi connectivity index (χ0) is 13.4. The molecule has 5 nitrogen and oxygen atoms in total. The maximum absolute atomic E-state index is 5.70. The number of rotatable bonds is 2. The van der Waals surface area contributed by atoms with Gasteiger partial charge in [-0.05, 0) is 38.1 Å². The van der Waals surface area contributed by atoms with Crippen molar-refractivity contribution in [1.82, 2.24) is 19.6 Å². The molecule has 0 saturated heterocycles. The number of hydrogen-bond acceptors (Lipinski definition) is 5. The number of nitrogens with zero attached hydrogens (tertiary/aromatic N) is 4. The van der Waals surface area contributed by atoms with Gasteiger partial charge in [0.05, 0.1) is 0 Å². The molecule has 2 heterocycles. The van der Waals surface area contributed by atoms with Crippen molar-refractivity contribution in [2.75, 3.05) is 5.73 Å². The summed E-state index contributed by atoms with van der Waals surface area (Å²) in [5, 5.41) is 5.26.